The predicted molar refractivity (Wildman–Crippen MR) is 69.5 cm³/mol. The summed E-state index contributed by atoms with van der Waals surface area (Å²) in [5, 5.41) is 11.6. The summed E-state index contributed by atoms with van der Waals surface area (Å²) in [6, 6.07) is 0. The Morgan fingerprint density at radius 1 is 1.75 bits per heavy atom. The van der Waals surface area contributed by atoms with Crippen molar-refractivity contribution < 1.29 is 0 Å². The number of rotatable bonds is 4. The van der Waals surface area contributed by atoms with E-state index in [1.165, 1.54) is 0 Å². The standard InChI is InChI=1S/C10H15N5S/c1-4-5-11-10(16)13-12-6-9-7-15(3)14-8(9)2/h4,6-7H,1,5H2,2-3H3,(H2,11,13,16)/b12-6-. The molecule has 0 aromatic carbocycles. The fourth-order valence-electron chi connectivity index (χ4n) is 1.11. The van der Waals surface area contributed by atoms with Gasteiger partial charge in [-0.05, 0) is 19.1 Å². The van der Waals surface area contributed by atoms with Crippen molar-refractivity contribution in [3.8, 4) is 0 Å². The molecule has 2 N–H and O–H groups in total. The van der Waals surface area contributed by atoms with E-state index in [0.29, 0.717) is 11.7 Å². The highest BCUT2D eigenvalue weighted by Gasteiger charge is 1.98. The number of nitrogens with zero attached hydrogens (tertiary/aromatic N) is 3. The van der Waals surface area contributed by atoms with Crippen LogP contribution in [0.25, 0.3) is 0 Å². The molecule has 0 aliphatic heterocycles. The Kier molecular flexibility index (Phi) is 4.65. The van der Waals surface area contributed by atoms with E-state index in [4.69, 9.17) is 12.2 Å². The van der Waals surface area contributed by atoms with Gasteiger partial charge in [0, 0.05) is 25.4 Å². The van der Waals surface area contributed by atoms with Crippen LogP contribution in [0.1, 0.15) is 11.3 Å². The number of thiocarbonyl (C=S) groups is 1. The molecule has 0 aliphatic carbocycles. The van der Waals surface area contributed by atoms with Crippen LogP contribution in [0.2, 0.25) is 0 Å². The zero-order chi connectivity index (χ0) is 12.0. The second kappa shape index (κ2) is 6.02. The molecule has 0 aliphatic rings. The number of aromatic nitrogens is 2. The van der Waals surface area contributed by atoms with E-state index in [9.17, 15) is 0 Å². The largest absolute Gasteiger partial charge is 0.358 e. The lowest BCUT2D eigenvalue weighted by Gasteiger charge is -2.02. The summed E-state index contributed by atoms with van der Waals surface area (Å²) in [6.07, 6.45) is 5.30. The molecule has 6 heteroatoms. The van der Waals surface area contributed by atoms with Gasteiger partial charge in [0.05, 0.1) is 11.9 Å². The van der Waals surface area contributed by atoms with Gasteiger partial charge in [0.2, 0.25) is 0 Å². The number of nitrogens with one attached hydrogen (secondary N) is 2. The monoisotopic (exact) mass is 237 g/mol. The first kappa shape index (κ1) is 12.4. The lowest BCUT2D eigenvalue weighted by Crippen LogP contribution is -2.31. The molecule has 1 rings (SSSR count). The van der Waals surface area contributed by atoms with Crippen LogP contribution < -0.4 is 10.7 Å². The first-order chi connectivity index (χ1) is 7.63. The molecular weight excluding hydrogens is 222 g/mol. The average molecular weight is 237 g/mol. The summed E-state index contributed by atoms with van der Waals surface area (Å²) in [5.41, 5.74) is 4.60. The molecule has 0 bridgehead atoms. The third kappa shape index (κ3) is 3.82. The molecular formula is C10H15N5S. The van der Waals surface area contributed by atoms with Crippen molar-refractivity contribution in [3.63, 3.8) is 0 Å². The Balaban J connectivity index is 2.45. The fourth-order valence-corrected chi connectivity index (χ4v) is 1.25. The normalized spacial score (nSPS) is 10.4. The topological polar surface area (TPSA) is 54.2 Å². The summed E-state index contributed by atoms with van der Waals surface area (Å²) in [6.45, 7) is 6.12. The summed E-state index contributed by atoms with van der Waals surface area (Å²) in [5.74, 6) is 0. The first-order valence-electron chi connectivity index (χ1n) is 4.81. The maximum Gasteiger partial charge on any atom is 0.187 e. The summed E-state index contributed by atoms with van der Waals surface area (Å²) in [4.78, 5) is 0. The second-order valence-corrected chi connectivity index (χ2v) is 3.62. The van der Waals surface area contributed by atoms with Crippen molar-refractivity contribution in [2.45, 2.75) is 6.92 Å². The summed E-state index contributed by atoms with van der Waals surface area (Å²) in [7, 11) is 1.87. The van der Waals surface area contributed by atoms with Crippen LogP contribution in [0.15, 0.2) is 24.0 Å². The van der Waals surface area contributed by atoms with Crippen LogP contribution in [0.3, 0.4) is 0 Å². The molecule has 0 amide bonds. The molecule has 86 valence electrons. The first-order valence-corrected chi connectivity index (χ1v) is 5.22. The Labute approximate surface area is 100 Å². The van der Waals surface area contributed by atoms with Crippen LogP contribution >= 0.6 is 12.2 Å². The molecule has 0 saturated carbocycles. The smallest absolute Gasteiger partial charge is 0.187 e. The predicted octanol–water partition coefficient (Wildman–Crippen LogP) is 0.713. The zero-order valence-electron chi connectivity index (χ0n) is 9.40. The van der Waals surface area contributed by atoms with Crippen LogP contribution in [-0.2, 0) is 7.05 Å². The van der Waals surface area contributed by atoms with Gasteiger partial charge in [-0.15, -0.1) is 6.58 Å². The third-order valence-electron chi connectivity index (χ3n) is 1.83. The zero-order valence-corrected chi connectivity index (χ0v) is 10.2. The van der Waals surface area contributed by atoms with Gasteiger partial charge in [-0.1, -0.05) is 6.08 Å². The molecule has 0 spiro atoms. The van der Waals surface area contributed by atoms with Crippen molar-refractivity contribution in [2.24, 2.45) is 12.1 Å². The number of hydrogen-bond acceptors (Lipinski definition) is 3. The maximum atomic E-state index is 4.97. The minimum absolute atomic E-state index is 0.470. The Morgan fingerprint density at radius 3 is 3.06 bits per heavy atom. The molecule has 1 aromatic rings. The van der Waals surface area contributed by atoms with Crippen LogP contribution in [0, 0.1) is 6.92 Å². The van der Waals surface area contributed by atoms with Gasteiger partial charge in [-0.2, -0.15) is 10.2 Å². The minimum Gasteiger partial charge on any atom is -0.358 e. The van der Waals surface area contributed by atoms with Gasteiger partial charge in [-0.25, -0.2) is 0 Å². The Morgan fingerprint density at radius 2 is 2.50 bits per heavy atom. The molecule has 0 saturated heterocycles. The van der Waals surface area contributed by atoms with E-state index in [1.54, 1.807) is 17.0 Å². The molecule has 0 radical (unpaired) electrons. The van der Waals surface area contributed by atoms with Gasteiger partial charge in [0.1, 0.15) is 0 Å². The molecule has 0 atom stereocenters. The third-order valence-corrected chi connectivity index (χ3v) is 2.06. The van der Waals surface area contributed by atoms with Gasteiger partial charge in [0.25, 0.3) is 0 Å². The number of hydrogen-bond donors (Lipinski definition) is 2. The van der Waals surface area contributed by atoms with Crippen molar-refractivity contribution in [1.29, 1.82) is 0 Å². The second-order valence-electron chi connectivity index (χ2n) is 3.21. The summed E-state index contributed by atoms with van der Waals surface area (Å²) >= 11 is 4.97. The van der Waals surface area contributed by atoms with E-state index in [1.807, 2.05) is 20.2 Å². The maximum absolute atomic E-state index is 4.97. The molecule has 0 fully saturated rings. The van der Waals surface area contributed by atoms with E-state index in [2.05, 4.69) is 27.5 Å². The van der Waals surface area contributed by atoms with Crippen molar-refractivity contribution in [3.05, 3.63) is 30.1 Å². The van der Waals surface area contributed by atoms with Crippen molar-refractivity contribution in [2.75, 3.05) is 6.54 Å². The number of aryl methyl sites for hydroxylation is 2. The van der Waals surface area contributed by atoms with Gasteiger partial charge in [-0.3, -0.25) is 10.1 Å². The molecule has 16 heavy (non-hydrogen) atoms. The Hall–Kier alpha value is -1.69. The van der Waals surface area contributed by atoms with Gasteiger partial charge >= 0.3 is 0 Å². The highest BCUT2D eigenvalue weighted by atomic mass is 32.1. The SMILES string of the molecule is C=CCNC(=S)N/N=C\c1cn(C)nc1C. The fraction of sp³-hybridized carbons (Fsp3) is 0.300. The van der Waals surface area contributed by atoms with Crippen molar-refractivity contribution in [1.82, 2.24) is 20.5 Å². The highest BCUT2D eigenvalue weighted by molar-refractivity contribution is 7.80. The molecule has 1 aromatic heterocycles. The average Bonchev–Trinajstić information content (AvgIpc) is 2.55. The van der Waals surface area contributed by atoms with E-state index >= 15 is 0 Å². The van der Waals surface area contributed by atoms with Crippen molar-refractivity contribution >= 4 is 23.5 Å². The van der Waals surface area contributed by atoms with Crippen LogP contribution in [0.4, 0.5) is 0 Å². The molecule has 0 unspecified atom stereocenters. The van der Waals surface area contributed by atoms with E-state index in [0.717, 1.165) is 11.3 Å². The van der Waals surface area contributed by atoms with Crippen LogP contribution in [-0.4, -0.2) is 27.7 Å². The van der Waals surface area contributed by atoms with Gasteiger partial charge < -0.3 is 5.32 Å². The molecule has 1 heterocycles. The van der Waals surface area contributed by atoms with Gasteiger partial charge in [0.15, 0.2) is 5.11 Å². The highest BCUT2D eigenvalue weighted by Crippen LogP contribution is 1.99. The number of hydrazone groups is 1. The minimum atomic E-state index is 0.470. The van der Waals surface area contributed by atoms with Crippen LogP contribution in [0.5, 0.6) is 0 Å². The quantitative estimate of drug-likeness (QED) is 0.350. The Bertz CT molecular complexity index is 407. The van der Waals surface area contributed by atoms with E-state index < -0.39 is 0 Å². The lowest BCUT2D eigenvalue weighted by atomic mass is 10.3. The molecule has 5 nitrogen and oxygen atoms in total. The van der Waals surface area contributed by atoms with E-state index in [-0.39, 0.29) is 0 Å². The lowest BCUT2D eigenvalue weighted by molar-refractivity contribution is 0.756. The summed E-state index contributed by atoms with van der Waals surface area (Å²) < 4.78 is 1.74.